The van der Waals surface area contributed by atoms with E-state index in [2.05, 4.69) is 26.9 Å². The molecule has 5 aromatic rings. The number of aryl methyl sites for hydroxylation is 1. The van der Waals surface area contributed by atoms with Crippen molar-refractivity contribution in [2.45, 2.75) is 19.3 Å². The fourth-order valence-corrected chi connectivity index (χ4v) is 4.06. The number of para-hydroxylation sites is 2. The van der Waals surface area contributed by atoms with Gasteiger partial charge >= 0.3 is 0 Å². The van der Waals surface area contributed by atoms with E-state index in [9.17, 15) is 9.90 Å². The van der Waals surface area contributed by atoms with Crippen LogP contribution in [0.5, 0.6) is 17.4 Å². The van der Waals surface area contributed by atoms with Crippen LogP contribution in [0.3, 0.4) is 0 Å². The molecule has 0 saturated carbocycles. The summed E-state index contributed by atoms with van der Waals surface area (Å²) in [6.07, 6.45) is 2.70. The lowest BCUT2D eigenvalue weighted by Crippen LogP contribution is -2.26. The third-order valence-corrected chi connectivity index (χ3v) is 5.78. The highest BCUT2D eigenvalue weighted by atomic mass is 16.5. The fourth-order valence-electron chi connectivity index (χ4n) is 4.06. The van der Waals surface area contributed by atoms with E-state index < -0.39 is 11.4 Å². The average Bonchev–Trinajstić information content (AvgIpc) is 3.54. The summed E-state index contributed by atoms with van der Waals surface area (Å²) in [7, 11) is 2.97. The molecule has 2 aromatic carbocycles. The number of aromatic hydroxyl groups is 1. The van der Waals surface area contributed by atoms with Crippen molar-refractivity contribution in [1.29, 1.82) is 0 Å². The molecule has 0 atom stereocenters. The van der Waals surface area contributed by atoms with E-state index in [1.165, 1.54) is 18.8 Å². The van der Waals surface area contributed by atoms with Crippen molar-refractivity contribution in [3.63, 3.8) is 0 Å². The number of aromatic nitrogens is 5. The van der Waals surface area contributed by atoms with Gasteiger partial charge in [0.05, 0.1) is 20.6 Å². The lowest BCUT2D eigenvalue weighted by atomic mass is 10.2. The topological polar surface area (TPSA) is 139 Å². The number of hydrogen-bond donors (Lipinski definition) is 1. The largest absolute Gasteiger partial charge is 0.494 e. The second-order valence-electron chi connectivity index (χ2n) is 8.01. The number of benzene rings is 2. The highest BCUT2D eigenvalue weighted by Crippen LogP contribution is 2.34. The molecular weight excluding hydrogens is 478 g/mol. The summed E-state index contributed by atoms with van der Waals surface area (Å²) in [5.74, 6) is 0.507. The molecule has 188 valence electrons. The van der Waals surface area contributed by atoms with E-state index in [4.69, 9.17) is 18.4 Å². The first kappa shape index (κ1) is 23.8. The van der Waals surface area contributed by atoms with Crippen molar-refractivity contribution in [3.05, 3.63) is 82.9 Å². The molecule has 0 fully saturated rings. The zero-order valence-corrected chi connectivity index (χ0v) is 20.2. The molecule has 0 aliphatic rings. The number of ether oxygens (including phenoxy) is 2. The van der Waals surface area contributed by atoms with E-state index >= 15 is 0 Å². The lowest BCUT2D eigenvalue weighted by molar-refractivity contribution is 0.388. The van der Waals surface area contributed by atoms with Crippen LogP contribution in [0.2, 0.25) is 0 Å². The van der Waals surface area contributed by atoms with E-state index in [-0.39, 0.29) is 29.6 Å². The Kier molecular flexibility index (Phi) is 6.42. The molecule has 37 heavy (non-hydrogen) atoms. The number of nitrogens with zero attached hydrogens (tertiary/aromatic N) is 5. The third kappa shape index (κ3) is 4.31. The average molecular weight is 501 g/mol. The number of rotatable bonds is 9. The van der Waals surface area contributed by atoms with Gasteiger partial charge in [0.25, 0.3) is 11.4 Å². The van der Waals surface area contributed by atoms with E-state index in [0.29, 0.717) is 41.3 Å². The van der Waals surface area contributed by atoms with Crippen molar-refractivity contribution in [1.82, 2.24) is 24.9 Å². The van der Waals surface area contributed by atoms with Crippen LogP contribution in [0, 0.1) is 0 Å². The van der Waals surface area contributed by atoms with Crippen LogP contribution in [0.1, 0.15) is 23.8 Å². The summed E-state index contributed by atoms with van der Waals surface area (Å²) in [5.41, 5.74) is 0.682. The molecule has 0 saturated heterocycles. The quantitative estimate of drug-likeness (QED) is 0.296. The van der Waals surface area contributed by atoms with Gasteiger partial charge in [0.15, 0.2) is 11.1 Å². The summed E-state index contributed by atoms with van der Waals surface area (Å²) in [6, 6.07) is 12.5. The molecule has 0 aliphatic carbocycles. The number of fused-ring (bicyclic) bond motifs is 1. The fraction of sp³-hybridized carbons (Fsp3) is 0.192. The molecule has 0 amide bonds. The highest BCUT2D eigenvalue weighted by molar-refractivity contribution is 5.79. The zero-order valence-electron chi connectivity index (χ0n) is 20.2. The molecule has 0 radical (unpaired) electrons. The molecule has 3 heterocycles. The predicted molar refractivity (Wildman–Crippen MR) is 133 cm³/mol. The van der Waals surface area contributed by atoms with E-state index in [1.54, 1.807) is 30.3 Å². The second-order valence-corrected chi connectivity index (χ2v) is 8.01. The maximum Gasteiger partial charge on any atom is 0.275 e. The van der Waals surface area contributed by atoms with Gasteiger partial charge in [-0.3, -0.25) is 9.36 Å². The third-order valence-electron chi connectivity index (χ3n) is 5.78. The predicted octanol–water partition coefficient (Wildman–Crippen LogP) is 3.86. The highest BCUT2D eigenvalue weighted by Gasteiger charge is 2.26. The summed E-state index contributed by atoms with van der Waals surface area (Å²) in [4.78, 5) is 18.2. The standard InChI is InChI=1S/C26H23N5O6/c1-4-5-13-20-27-24(32)22(26(33)31(20)23-18(34-2)11-8-12-19(23)35-3)25-29-28-21(36-25)14-16-15-9-6-7-10-17(15)37-30-16/h4,6-12,32H,1,5,13-14H2,2-3H3. The van der Waals surface area contributed by atoms with Gasteiger partial charge in [-0.05, 0) is 30.7 Å². The minimum Gasteiger partial charge on any atom is -0.494 e. The second kappa shape index (κ2) is 9.97. The summed E-state index contributed by atoms with van der Waals surface area (Å²) < 4.78 is 23.5. The Morgan fingerprint density at radius 3 is 2.57 bits per heavy atom. The van der Waals surface area contributed by atoms with Gasteiger partial charge in [-0.2, -0.15) is 4.98 Å². The van der Waals surface area contributed by atoms with Crippen molar-refractivity contribution in [2.75, 3.05) is 14.2 Å². The molecule has 0 spiro atoms. The molecule has 3 aromatic heterocycles. The van der Waals surface area contributed by atoms with Gasteiger partial charge < -0.3 is 23.5 Å². The van der Waals surface area contributed by atoms with Gasteiger partial charge in [0, 0.05) is 11.8 Å². The molecule has 11 nitrogen and oxygen atoms in total. The Balaban J connectivity index is 1.63. The number of methoxy groups -OCH3 is 2. The van der Waals surface area contributed by atoms with Gasteiger partial charge in [-0.1, -0.05) is 29.4 Å². The minimum absolute atomic E-state index is 0.171. The SMILES string of the molecule is C=CCCc1nc(O)c(-c2nnc(Cc3noc4ccccc34)o2)c(=O)n1-c1c(OC)cccc1OC. The van der Waals surface area contributed by atoms with E-state index in [1.807, 2.05) is 18.2 Å². The van der Waals surface area contributed by atoms with Gasteiger partial charge in [-0.15, -0.1) is 16.8 Å². The first-order valence-corrected chi connectivity index (χ1v) is 11.4. The van der Waals surface area contributed by atoms with Crippen LogP contribution in [0.4, 0.5) is 0 Å². The minimum atomic E-state index is -0.628. The van der Waals surface area contributed by atoms with Crippen molar-refractivity contribution < 1.29 is 23.5 Å². The van der Waals surface area contributed by atoms with Crippen LogP contribution in [-0.2, 0) is 12.8 Å². The summed E-state index contributed by atoms with van der Waals surface area (Å²) >= 11 is 0. The monoisotopic (exact) mass is 501 g/mol. The Labute approximate surface area is 210 Å². The number of hydrogen-bond acceptors (Lipinski definition) is 10. The van der Waals surface area contributed by atoms with Crippen LogP contribution in [-0.4, -0.2) is 44.2 Å². The molecule has 0 bridgehead atoms. The Hall–Kier alpha value is -4.93. The Morgan fingerprint density at radius 2 is 1.84 bits per heavy atom. The smallest absolute Gasteiger partial charge is 0.275 e. The van der Waals surface area contributed by atoms with Crippen LogP contribution >= 0.6 is 0 Å². The van der Waals surface area contributed by atoms with Gasteiger partial charge in [-0.25, -0.2) is 0 Å². The Morgan fingerprint density at radius 1 is 1.08 bits per heavy atom. The normalized spacial score (nSPS) is 11.1. The van der Waals surface area contributed by atoms with Crippen LogP contribution < -0.4 is 15.0 Å². The van der Waals surface area contributed by atoms with E-state index in [0.717, 1.165) is 5.39 Å². The Bertz CT molecular complexity index is 1630. The first-order chi connectivity index (χ1) is 18.0. The maximum atomic E-state index is 13.9. The van der Waals surface area contributed by atoms with Crippen LogP contribution in [0.25, 0.3) is 28.1 Å². The van der Waals surface area contributed by atoms with Gasteiger partial charge in [0.1, 0.15) is 28.7 Å². The maximum absolute atomic E-state index is 13.9. The lowest BCUT2D eigenvalue weighted by Gasteiger charge is -2.18. The van der Waals surface area contributed by atoms with Gasteiger partial charge in [0.2, 0.25) is 11.8 Å². The first-order valence-electron chi connectivity index (χ1n) is 11.4. The van der Waals surface area contributed by atoms with Crippen LogP contribution in [0.15, 0.2) is 68.9 Å². The summed E-state index contributed by atoms with van der Waals surface area (Å²) in [5, 5.41) is 23.7. The van der Waals surface area contributed by atoms with Crippen molar-refractivity contribution >= 4 is 11.0 Å². The molecule has 0 aliphatic heterocycles. The number of allylic oxidation sites excluding steroid dienone is 1. The van der Waals surface area contributed by atoms with Crippen molar-refractivity contribution in [2.24, 2.45) is 0 Å². The molecular formula is C26H23N5O6. The molecule has 5 rings (SSSR count). The zero-order chi connectivity index (χ0) is 25.9. The molecule has 1 N–H and O–H groups in total. The van der Waals surface area contributed by atoms with Crippen molar-refractivity contribution in [3.8, 4) is 34.5 Å². The molecule has 0 unspecified atom stereocenters. The molecule has 11 heteroatoms. The summed E-state index contributed by atoms with van der Waals surface area (Å²) in [6.45, 7) is 3.74.